The first-order valence-electron chi connectivity index (χ1n) is 8.68. The molecule has 1 fully saturated rings. The second-order valence-corrected chi connectivity index (χ2v) is 6.99. The number of fused-ring (bicyclic) bond motifs is 1. The summed E-state index contributed by atoms with van der Waals surface area (Å²) >= 11 is 0. The van der Waals surface area contributed by atoms with Gasteiger partial charge in [0.1, 0.15) is 0 Å². The zero-order valence-electron chi connectivity index (χ0n) is 14.0. The number of benzene rings is 1. The third-order valence-electron chi connectivity index (χ3n) is 5.37. The van der Waals surface area contributed by atoms with E-state index in [4.69, 9.17) is 5.73 Å². The van der Waals surface area contributed by atoms with Gasteiger partial charge < -0.3 is 16.0 Å². The largest absolute Gasteiger partial charge is 0.361 e. The molecular weight excluding hydrogens is 286 g/mol. The summed E-state index contributed by atoms with van der Waals surface area (Å²) in [7, 11) is 0. The monoisotopic (exact) mass is 313 g/mol. The Kier molecular flexibility index (Phi) is 4.71. The molecule has 1 saturated carbocycles. The number of para-hydroxylation sites is 1. The smallest absolute Gasteiger partial charge is 0.223 e. The number of nitrogens with two attached hydrogens (primary N) is 1. The molecule has 1 aromatic heterocycles. The van der Waals surface area contributed by atoms with Crippen LogP contribution in [-0.4, -0.2) is 23.0 Å². The van der Waals surface area contributed by atoms with Crippen LogP contribution in [0.3, 0.4) is 0 Å². The van der Waals surface area contributed by atoms with Gasteiger partial charge in [-0.25, -0.2) is 0 Å². The van der Waals surface area contributed by atoms with Gasteiger partial charge in [0.05, 0.1) is 0 Å². The quantitative estimate of drug-likeness (QED) is 0.810. The van der Waals surface area contributed by atoms with Crippen molar-refractivity contribution in [3.8, 4) is 0 Å². The van der Waals surface area contributed by atoms with E-state index in [1.165, 1.54) is 10.9 Å². The summed E-state index contributed by atoms with van der Waals surface area (Å²) in [5, 5.41) is 4.46. The topological polar surface area (TPSA) is 70.9 Å². The lowest BCUT2D eigenvalue weighted by atomic mass is 9.85. The molecule has 0 aliphatic heterocycles. The molecule has 3 rings (SSSR count). The van der Waals surface area contributed by atoms with Gasteiger partial charge in [0.25, 0.3) is 0 Å². The van der Waals surface area contributed by atoms with E-state index < -0.39 is 0 Å². The van der Waals surface area contributed by atoms with Crippen LogP contribution in [0.4, 0.5) is 0 Å². The maximum Gasteiger partial charge on any atom is 0.223 e. The van der Waals surface area contributed by atoms with Gasteiger partial charge in [-0.05, 0) is 44.2 Å². The lowest BCUT2D eigenvalue weighted by Gasteiger charge is -2.28. The Bertz CT molecular complexity index is 670. The number of carbonyl (C=O) groups is 1. The molecular formula is C19H27N3O. The predicted molar refractivity (Wildman–Crippen MR) is 94.3 cm³/mol. The Labute approximate surface area is 137 Å². The average Bonchev–Trinajstić information content (AvgIpc) is 2.98. The Morgan fingerprint density at radius 2 is 1.91 bits per heavy atom. The summed E-state index contributed by atoms with van der Waals surface area (Å²) in [6, 6.07) is 8.70. The normalized spacial score (nSPS) is 24.3. The summed E-state index contributed by atoms with van der Waals surface area (Å²) in [5.74, 6) is 0.587. The number of rotatable bonds is 4. The molecule has 1 aromatic carbocycles. The van der Waals surface area contributed by atoms with E-state index >= 15 is 0 Å². The molecule has 2 aromatic rings. The molecule has 124 valence electrons. The van der Waals surface area contributed by atoms with Gasteiger partial charge in [0.15, 0.2) is 0 Å². The van der Waals surface area contributed by atoms with Crippen LogP contribution in [0.25, 0.3) is 10.9 Å². The van der Waals surface area contributed by atoms with E-state index in [0.29, 0.717) is 0 Å². The second-order valence-electron chi connectivity index (χ2n) is 6.99. The van der Waals surface area contributed by atoms with E-state index in [-0.39, 0.29) is 29.8 Å². The minimum Gasteiger partial charge on any atom is -0.361 e. The molecule has 0 radical (unpaired) electrons. The van der Waals surface area contributed by atoms with Gasteiger partial charge in [-0.2, -0.15) is 0 Å². The molecule has 23 heavy (non-hydrogen) atoms. The number of hydrogen-bond donors (Lipinski definition) is 3. The van der Waals surface area contributed by atoms with Crippen molar-refractivity contribution in [1.29, 1.82) is 0 Å². The molecule has 4 N–H and O–H groups in total. The van der Waals surface area contributed by atoms with Gasteiger partial charge >= 0.3 is 0 Å². The summed E-state index contributed by atoms with van der Waals surface area (Å²) in [6.07, 6.45) is 5.83. The van der Waals surface area contributed by atoms with Crippen molar-refractivity contribution in [2.24, 2.45) is 11.7 Å². The van der Waals surface area contributed by atoms with E-state index in [1.54, 1.807) is 0 Å². The van der Waals surface area contributed by atoms with Crippen LogP contribution in [-0.2, 0) is 4.79 Å². The van der Waals surface area contributed by atoms with E-state index in [1.807, 2.05) is 6.07 Å². The Morgan fingerprint density at radius 3 is 2.65 bits per heavy atom. The number of hydrogen-bond acceptors (Lipinski definition) is 2. The number of amides is 1. The van der Waals surface area contributed by atoms with Crippen LogP contribution in [0.15, 0.2) is 30.5 Å². The number of aromatic nitrogens is 1. The van der Waals surface area contributed by atoms with Gasteiger partial charge in [0.2, 0.25) is 5.91 Å². The van der Waals surface area contributed by atoms with Crippen molar-refractivity contribution in [2.75, 3.05) is 0 Å². The highest BCUT2D eigenvalue weighted by atomic mass is 16.1. The van der Waals surface area contributed by atoms with Crippen LogP contribution in [0.5, 0.6) is 0 Å². The molecule has 1 aliphatic rings. The minimum absolute atomic E-state index is 0.109. The fraction of sp³-hybridized carbons (Fsp3) is 0.526. The van der Waals surface area contributed by atoms with Crippen LogP contribution in [0.1, 0.15) is 51.0 Å². The Hall–Kier alpha value is -1.81. The third-order valence-corrected chi connectivity index (χ3v) is 5.37. The third kappa shape index (κ3) is 3.42. The molecule has 0 unspecified atom stereocenters. The maximum absolute atomic E-state index is 12.5. The van der Waals surface area contributed by atoms with E-state index in [2.05, 4.69) is 48.5 Å². The van der Waals surface area contributed by atoms with Crippen LogP contribution in [0.2, 0.25) is 0 Å². The van der Waals surface area contributed by atoms with E-state index in [0.717, 1.165) is 31.2 Å². The van der Waals surface area contributed by atoms with Gasteiger partial charge in [0, 0.05) is 41.0 Å². The molecule has 1 amide bonds. The van der Waals surface area contributed by atoms with Gasteiger partial charge in [-0.15, -0.1) is 0 Å². The summed E-state index contributed by atoms with van der Waals surface area (Å²) in [4.78, 5) is 15.8. The van der Waals surface area contributed by atoms with Gasteiger partial charge in [-0.3, -0.25) is 4.79 Å². The lowest BCUT2D eigenvalue weighted by Crippen LogP contribution is -2.42. The molecule has 4 nitrogen and oxygen atoms in total. The molecule has 0 bridgehead atoms. The van der Waals surface area contributed by atoms with Crippen molar-refractivity contribution in [3.05, 3.63) is 36.0 Å². The summed E-state index contributed by atoms with van der Waals surface area (Å²) < 4.78 is 0. The molecule has 1 aliphatic carbocycles. The molecule has 4 heteroatoms. The zero-order valence-corrected chi connectivity index (χ0v) is 14.0. The number of H-pyrrole nitrogens is 1. The first-order chi connectivity index (χ1) is 11.1. The Balaban J connectivity index is 1.65. The first kappa shape index (κ1) is 16.1. The SMILES string of the molecule is C[C@H](NC(=O)C1CCC(N)CC1)[C@H](C)c1c[nH]c2ccccc12. The fourth-order valence-electron chi connectivity index (χ4n) is 3.59. The molecule has 2 atom stereocenters. The van der Waals surface area contributed by atoms with Crippen molar-refractivity contribution in [2.45, 2.75) is 57.5 Å². The minimum atomic E-state index is 0.109. The number of aromatic amines is 1. The summed E-state index contributed by atoms with van der Waals surface area (Å²) in [5.41, 5.74) is 8.34. The zero-order chi connectivity index (χ0) is 16.4. The van der Waals surface area contributed by atoms with Crippen molar-refractivity contribution >= 4 is 16.8 Å². The number of carbonyl (C=O) groups excluding carboxylic acids is 1. The van der Waals surface area contributed by atoms with Crippen LogP contribution >= 0.6 is 0 Å². The van der Waals surface area contributed by atoms with Crippen molar-refractivity contribution < 1.29 is 4.79 Å². The van der Waals surface area contributed by atoms with Crippen molar-refractivity contribution in [3.63, 3.8) is 0 Å². The number of nitrogens with one attached hydrogen (secondary N) is 2. The first-order valence-corrected chi connectivity index (χ1v) is 8.68. The molecule has 0 spiro atoms. The maximum atomic E-state index is 12.5. The Morgan fingerprint density at radius 1 is 1.22 bits per heavy atom. The second kappa shape index (κ2) is 6.75. The fourth-order valence-corrected chi connectivity index (χ4v) is 3.59. The van der Waals surface area contributed by atoms with Crippen LogP contribution in [0, 0.1) is 5.92 Å². The highest BCUT2D eigenvalue weighted by Crippen LogP contribution is 2.28. The van der Waals surface area contributed by atoms with E-state index in [9.17, 15) is 4.79 Å². The standard InChI is InChI=1S/C19H27N3O/c1-12(17-11-21-18-6-4-3-5-16(17)18)13(2)22-19(23)14-7-9-15(20)10-8-14/h3-6,11-15,21H,7-10,20H2,1-2H3,(H,22,23)/t12-,13-,14?,15?/m0/s1. The summed E-state index contributed by atoms with van der Waals surface area (Å²) in [6.45, 7) is 4.27. The highest BCUT2D eigenvalue weighted by Gasteiger charge is 2.27. The average molecular weight is 313 g/mol. The van der Waals surface area contributed by atoms with Gasteiger partial charge in [-0.1, -0.05) is 25.1 Å². The van der Waals surface area contributed by atoms with Crippen LogP contribution < -0.4 is 11.1 Å². The lowest BCUT2D eigenvalue weighted by molar-refractivity contribution is -0.126. The highest BCUT2D eigenvalue weighted by molar-refractivity contribution is 5.84. The molecule has 1 heterocycles. The van der Waals surface area contributed by atoms with Crippen molar-refractivity contribution in [1.82, 2.24) is 10.3 Å². The predicted octanol–water partition coefficient (Wildman–Crippen LogP) is 3.29. The molecule has 0 saturated heterocycles.